The molecule has 0 saturated carbocycles. The van der Waals surface area contributed by atoms with Gasteiger partial charge < -0.3 is 25.3 Å². The largest absolute Gasteiger partial charge is 0.492 e. The monoisotopic (exact) mass is 425 g/mol. The standard InChI is InChI=1S/C21H32ClN3O4/c1-13(2)28-10-8-25-7-6-17(18(12-25)27-3)24-21(26)15-11-16(22)19(23)14-5-4-9-29-20(14)15/h11,13,17-18H,4-10,12,23H2,1-3H3,(H,24,26)/t17-,18+/m1/s1. The van der Waals surface area contributed by atoms with Crippen LogP contribution in [0.25, 0.3) is 0 Å². The van der Waals surface area contributed by atoms with E-state index >= 15 is 0 Å². The third-order valence-electron chi connectivity index (χ3n) is 5.56. The number of hydrogen-bond donors (Lipinski definition) is 2. The number of nitrogens with one attached hydrogen (secondary N) is 1. The maximum absolute atomic E-state index is 13.1. The van der Waals surface area contributed by atoms with Crippen molar-refractivity contribution in [2.75, 3.05) is 45.7 Å². The first-order valence-electron chi connectivity index (χ1n) is 10.3. The van der Waals surface area contributed by atoms with Gasteiger partial charge in [0.25, 0.3) is 5.91 Å². The number of carbonyl (C=O) groups is 1. The molecule has 0 aliphatic carbocycles. The Hall–Kier alpha value is -1.54. The van der Waals surface area contributed by atoms with Gasteiger partial charge in [0, 0.05) is 32.3 Å². The minimum atomic E-state index is -0.200. The Balaban J connectivity index is 1.66. The van der Waals surface area contributed by atoms with Crippen LogP contribution in [-0.4, -0.2) is 69.0 Å². The van der Waals surface area contributed by atoms with Crippen LogP contribution in [-0.2, 0) is 15.9 Å². The average Bonchev–Trinajstić information content (AvgIpc) is 2.71. The van der Waals surface area contributed by atoms with Gasteiger partial charge in [-0.15, -0.1) is 0 Å². The van der Waals surface area contributed by atoms with Gasteiger partial charge in [-0.3, -0.25) is 9.69 Å². The molecule has 0 spiro atoms. The Bertz CT molecular complexity index is 728. The number of nitrogen functional groups attached to an aromatic ring is 1. The van der Waals surface area contributed by atoms with E-state index < -0.39 is 0 Å². The highest BCUT2D eigenvalue weighted by molar-refractivity contribution is 6.33. The number of hydrogen-bond acceptors (Lipinski definition) is 6. The molecule has 7 nitrogen and oxygen atoms in total. The van der Waals surface area contributed by atoms with Gasteiger partial charge in [0.1, 0.15) is 5.75 Å². The molecule has 2 atom stereocenters. The van der Waals surface area contributed by atoms with Gasteiger partial charge in [-0.05, 0) is 39.2 Å². The van der Waals surface area contributed by atoms with Gasteiger partial charge in [-0.1, -0.05) is 11.6 Å². The number of amides is 1. The topological polar surface area (TPSA) is 86.1 Å². The Morgan fingerprint density at radius 2 is 2.28 bits per heavy atom. The van der Waals surface area contributed by atoms with Crippen molar-refractivity contribution in [3.63, 3.8) is 0 Å². The van der Waals surface area contributed by atoms with Crippen LogP contribution in [0.1, 0.15) is 42.6 Å². The number of likely N-dealkylation sites (tertiary alicyclic amines) is 1. The lowest BCUT2D eigenvalue weighted by atomic mass is 9.98. The summed E-state index contributed by atoms with van der Waals surface area (Å²) in [5, 5.41) is 3.52. The molecule has 0 unspecified atom stereocenters. The van der Waals surface area contributed by atoms with E-state index in [-0.39, 0.29) is 24.2 Å². The predicted molar refractivity (Wildman–Crippen MR) is 114 cm³/mol. The number of ether oxygens (including phenoxy) is 3. The van der Waals surface area contributed by atoms with Crippen LogP contribution >= 0.6 is 11.6 Å². The second kappa shape index (κ2) is 9.98. The number of anilines is 1. The Morgan fingerprint density at radius 3 is 3.00 bits per heavy atom. The highest BCUT2D eigenvalue weighted by Crippen LogP contribution is 2.38. The number of piperidine rings is 1. The number of nitrogens with two attached hydrogens (primary N) is 1. The van der Waals surface area contributed by atoms with E-state index in [0.29, 0.717) is 35.2 Å². The van der Waals surface area contributed by atoms with E-state index in [2.05, 4.69) is 10.2 Å². The predicted octanol–water partition coefficient (Wildman–Crippen LogP) is 2.49. The molecule has 1 amide bonds. The number of carbonyl (C=O) groups excluding carboxylic acids is 1. The zero-order valence-corrected chi connectivity index (χ0v) is 18.3. The summed E-state index contributed by atoms with van der Waals surface area (Å²) in [7, 11) is 1.68. The van der Waals surface area contributed by atoms with Crippen molar-refractivity contribution < 1.29 is 19.0 Å². The first-order chi connectivity index (χ1) is 13.9. The summed E-state index contributed by atoms with van der Waals surface area (Å²) in [6, 6.07) is 1.53. The zero-order chi connectivity index (χ0) is 21.0. The number of fused-ring (bicyclic) bond motifs is 1. The molecule has 1 saturated heterocycles. The lowest BCUT2D eigenvalue weighted by Gasteiger charge is -2.38. The highest BCUT2D eigenvalue weighted by atomic mass is 35.5. The van der Waals surface area contributed by atoms with E-state index in [9.17, 15) is 4.79 Å². The molecule has 2 aliphatic rings. The summed E-state index contributed by atoms with van der Waals surface area (Å²) >= 11 is 6.28. The first kappa shape index (κ1) is 22.2. The van der Waals surface area contributed by atoms with Gasteiger partial charge in [0.15, 0.2) is 0 Å². The van der Waals surface area contributed by atoms with Gasteiger partial charge in [-0.25, -0.2) is 0 Å². The van der Waals surface area contributed by atoms with Gasteiger partial charge >= 0.3 is 0 Å². The van der Waals surface area contributed by atoms with E-state index in [0.717, 1.165) is 44.5 Å². The van der Waals surface area contributed by atoms with Gasteiger partial charge in [0.2, 0.25) is 0 Å². The Kier molecular flexibility index (Phi) is 7.62. The summed E-state index contributed by atoms with van der Waals surface area (Å²) in [5.41, 5.74) is 7.88. The lowest BCUT2D eigenvalue weighted by Crippen LogP contribution is -2.55. The number of halogens is 1. The van der Waals surface area contributed by atoms with E-state index in [1.54, 1.807) is 13.2 Å². The van der Waals surface area contributed by atoms with Crippen molar-refractivity contribution >= 4 is 23.2 Å². The first-order valence-corrected chi connectivity index (χ1v) is 10.7. The van der Waals surface area contributed by atoms with E-state index in [1.807, 2.05) is 13.8 Å². The molecular formula is C21H32ClN3O4. The molecule has 29 heavy (non-hydrogen) atoms. The van der Waals surface area contributed by atoms with Crippen molar-refractivity contribution in [2.45, 2.75) is 51.4 Å². The number of methoxy groups -OCH3 is 1. The van der Waals surface area contributed by atoms with Crippen LogP contribution in [0.5, 0.6) is 5.75 Å². The third-order valence-corrected chi connectivity index (χ3v) is 5.87. The number of nitrogens with zero attached hydrogens (tertiary/aromatic N) is 1. The quantitative estimate of drug-likeness (QED) is 0.653. The minimum Gasteiger partial charge on any atom is -0.492 e. The SMILES string of the molecule is CO[C@H]1CN(CCOC(C)C)CC[C@H]1NC(=O)c1cc(Cl)c(N)c2c1OCCC2. The summed E-state index contributed by atoms with van der Waals surface area (Å²) in [5.74, 6) is 0.363. The molecule has 1 aromatic carbocycles. The molecule has 1 aromatic rings. The van der Waals surface area contributed by atoms with Crippen molar-refractivity contribution in [1.82, 2.24) is 10.2 Å². The minimum absolute atomic E-state index is 0.0784. The second-order valence-corrected chi connectivity index (χ2v) is 8.35. The average molecular weight is 426 g/mol. The van der Waals surface area contributed by atoms with Crippen molar-refractivity contribution in [1.29, 1.82) is 0 Å². The summed E-state index contributed by atoms with van der Waals surface area (Å²) in [4.78, 5) is 15.4. The summed E-state index contributed by atoms with van der Waals surface area (Å²) in [6.45, 7) is 7.82. The molecule has 0 aromatic heterocycles. The van der Waals surface area contributed by atoms with Crippen molar-refractivity contribution in [2.24, 2.45) is 0 Å². The normalized spacial score (nSPS) is 22.2. The highest BCUT2D eigenvalue weighted by Gasteiger charge is 2.32. The fourth-order valence-corrected chi connectivity index (χ4v) is 4.18. The fourth-order valence-electron chi connectivity index (χ4n) is 3.96. The van der Waals surface area contributed by atoms with Crippen LogP contribution < -0.4 is 15.8 Å². The molecule has 8 heteroatoms. The van der Waals surface area contributed by atoms with Crippen LogP contribution in [0, 0.1) is 0 Å². The lowest BCUT2D eigenvalue weighted by molar-refractivity contribution is -0.00855. The molecule has 2 aliphatic heterocycles. The molecule has 3 rings (SSSR count). The number of rotatable bonds is 7. The molecule has 3 N–H and O–H groups in total. The van der Waals surface area contributed by atoms with Crippen LogP contribution in [0.15, 0.2) is 6.07 Å². The number of benzene rings is 1. The zero-order valence-electron chi connectivity index (χ0n) is 17.5. The second-order valence-electron chi connectivity index (χ2n) is 7.94. The summed E-state index contributed by atoms with van der Waals surface area (Å²) < 4.78 is 17.1. The van der Waals surface area contributed by atoms with E-state index in [4.69, 9.17) is 31.5 Å². The molecule has 1 fully saturated rings. The Labute approximate surface area is 177 Å². The van der Waals surface area contributed by atoms with Crippen LogP contribution in [0.2, 0.25) is 5.02 Å². The van der Waals surface area contributed by atoms with Crippen LogP contribution in [0.4, 0.5) is 5.69 Å². The maximum Gasteiger partial charge on any atom is 0.255 e. The molecule has 0 radical (unpaired) electrons. The molecule has 2 heterocycles. The molecular weight excluding hydrogens is 394 g/mol. The smallest absolute Gasteiger partial charge is 0.255 e. The van der Waals surface area contributed by atoms with Gasteiger partial charge in [0.05, 0.1) is 47.7 Å². The van der Waals surface area contributed by atoms with Crippen molar-refractivity contribution in [3.05, 3.63) is 22.2 Å². The van der Waals surface area contributed by atoms with Gasteiger partial charge in [-0.2, -0.15) is 0 Å². The van der Waals surface area contributed by atoms with E-state index in [1.165, 1.54) is 0 Å². The van der Waals surface area contributed by atoms with Crippen LogP contribution in [0.3, 0.4) is 0 Å². The summed E-state index contributed by atoms with van der Waals surface area (Å²) in [6.07, 6.45) is 2.57. The molecule has 162 valence electrons. The molecule has 0 bridgehead atoms. The Morgan fingerprint density at radius 1 is 1.48 bits per heavy atom. The third kappa shape index (κ3) is 5.34. The fraction of sp³-hybridized carbons (Fsp3) is 0.667. The van der Waals surface area contributed by atoms with Crippen molar-refractivity contribution in [3.8, 4) is 5.75 Å². The maximum atomic E-state index is 13.1.